The molecular formula is C19H25N5O. The van der Waals surface area contributed by atoms with Crippen molar-refractivity contribution in [2.24, 2.45) is 7.05 Å². The number of benzene rings is 1. The number of aryl methyl sites for hydroxylation is 1. The van der Waals surface area contributed by atoms with Crippen LogP contribution in [0.4, 0.5) is 11.4 Å². The quantitative estimate of drug-likeness (QED) is 0.505. The highest BCUT2D eigenvalue weighted by Crippen LogP contribution is 2.21. The first kappa shape index (κ1) is 18.6. The predicted molar refractivity (Wildman–Crippen MR) is 102 cm³/mol. The molecule has 0 spiro atoms. The topological polar surface area (TPSA) is 95.9 Å². The smallest absolute Gasteiger partial charge is 0.250 e. The summed E-state index contributed by atoms with van der Waals surface area (Å²) >= 11 is 0. The SMILES string of the molecule is CC(CNCCCNc1cccc(C#N)c1N)c1ccc(=O)n(C)c1. The van der Waals surface area contributed by atoms with Crippen LogP contribution in [0.15, 0.2) is 41.3 Å². The van der Waals surface area contributed by atoms with Crippen LogP contribution in [0.5, 0.6) is 0 Å². The minimum absolute atomic E-state index is 0.00900. The molecule has 0 amide bonds. The van der Waals surface area contributed by atoms with Crippen molar-refractivity contribution >= 4 is 11.4 Å². The van der Waals surface area contributed by atoms with Gasteiger partial charge in [0.1, 0.15) is 6.07 Å². The van der Waals surface area contributed by atoms with E-state index in [4.69, 9.17) is 11.0 Å². The summed E-state index contributed by atoms with van der Waals surface area (Å²) in [5.74, 6) is 0.336. The maximum Gasteiger partial charge on any atom is 0.250 e. The zero-order valence-corrected chi connectivity index (χ0v) is 14.7. The van der Waals surface area contributed by atoms with Gasteiger partial charge in [0.25, 0.3) is 0 Å². The lowest BCUT2D eigenvalue weighted by atomic mass is 10.0. The molecule has 1 aromatic carbocycles. The Balaban J connectivity index is 1.71. The molecule has 0 radical (unpaired) electrons. The molecule has 0 bridgehead atoms. The molecule has 1 heterocycles. The minimum atomic E-state index is 0.00900. The van der Waals surface area contributed by atoms with Gasteiger partial charge in [0.2, 0.25) is 5.56 Å². The van der Waals surface area contributed by atoms with Crippen molar-refractivity contribution in [2.75, 3.05) is 30.7 Å². The van der Waals surface area contributed by atoms with Crippen LogP contribution in [0, 0.1) is 11.3 Å². The van der Waals surface area contributed by atoms with E-state index in [1.807, 2.05) is 24.4 Å². The van der Waals surface area contributed by atoms with Gasteiger partial charge in [-0.15, -0.1) is 0 Å². The highest BCUT2D eigenvalue weighted by atomic mass is 16.1. The molecule has 0 saturated carbocycles. The number of hydrogen-bond donors (Lipinski definition) is 3. The maximum atomic E-state index is 11.4. The highest BCUT2D eigenvalue weighted by molar-refractivity contribution is 5.72. The molecule has 132 valence electrons. The molecule has 0 aliphatic carbocycles. The van der Waals surface area contributed by atoms with E-state index in [0.717, 1.165) is 37.3 Å². The number of para-hydroxylation sites is 1. The zero-order chi connectivity index (χ0) is 18.2. The van der Waals surface area contributed by atoms with Gasteiger partial charge in [-0.05, 0) is 36.6 Å². The summed E-state index contributed by atoms with van der Waals surface area (Å²) in [7, 11) is 1.77. The third kappa shape index (κ3) is 5.10. The predicted octanol–water partition coefficient (Wildman–Crippen LogP) is 2.03. The average molecular weight is 339 g/mol. The van der Waals surface area contributed by atoms with Crippen molar-refractivity contribution in [1.29, 1.82) is 5.26 Å². The van der Waals surface area contributed by atoms with Crippen LogP contribution in [-0.4, -0.2) is 24.2 Å². The van der Waals surface area contributed by atoms with Crippen LogP contribution in [0.1, 0.15) is 30.4 Å². The Morgan fingerprint density at radius 2 is 2.08 bits per heavy atom. The number of nitrogen functional groups attached to an aromatic ring is 1. The van der Waals surface area contributed by atoms with E-state index in [-0.39, 0.29) is 5.56 Å². The Morgan fingerprint density at radius 3 is 2.80 bits per heavy atom. The summed E-state index contributed by atoms with van der Waals surface area (Å²) < 4.78 is 1.61. The molecule has 0 aliphatic rings. The van der Waals surface area contributed by atoms with E-state index in [0.29, 0.717) is 17.2 Å². The fraction of sp³-hybridized carbons (Fsp3) is 0.368. The molecule has 2 rings (SSSR count). The normalized spacial score (nSPS) is 11.7. The average Bonchev–Trinajstić information content (AvgIpc) is 2.61. The van der Waals surface area contributed by atoms with E-state index in [9.17, 15) is 4.79 Å². The Hall–Kier alpha value is -2.78. The first-order chi connectivity index (χ1) is 12.0. The number of pyridine rings is 1. The number of hydrogen-bond acceptors (Lipinski definition) is 5. The van der Waals surface area contributed by atoms with Gasteiger partial charge in [-0.25, -0.2) is 0 Å². The van der Waals surface area contributed by atoms with E-state index in [1.54, 1.807) is 23.7 Å². The molecule has 6 nitrogen and oxygen atoms in total. The monoisotopic (exact) mass is 339 g/mol. The molecule has 1 unspecified atom stereocenters. The first-order valence-electron chi connectivity index (χ1n) is 8.42. The third-order valence-electron chi connectivity index (χ3n) is 4.20. The van der Waals surface area contributed by atoms with Gasteiger partial charge in [-0.2, -0.15) is 5.26 Å². The van der Waals surface area contributed by atoms with Gasteiger partial charge < -0.3 is 20.9 Å². The number of rotatable bonds is 8. The summed E-state index contributed by atoms with van der Waals surface area (Å²) in [4.78, 5) is 11.4. The summed E-state index contributed by atoms with van der Waals surface area (Å²) in [6.07, 6.45) is 2.83. The number of nitriles is 1. The molecule has 0 aliphatic heterocycles. The van der Waals surface area contributed by atoms with E-state index < -0.39 is 0 Å². The Bertz CT molecular complexity index is 806. The molecule has 2 aromatic rings. The van der Waals surface area contributed by atoms with Crippen molar-refractivity contribution < 1.29 is 0 Å². The first-order valence-corrected chi connectivity index (χ1v) is 8.42. The second kappa shape index (κ2) is 8.90. The standard InChI is InChI=1S/C19H25N5O/c1-14(16-7-8-18(25)24(2)13-16)12-22-9-4-10-23-17-6-3-5-15(11-20)19(17)21/h3,5-8,13-14,22-23H,4,9-10,12,21H2,1-2H3. The molecule has 1 aromatic heterocycles. The van der Waals surface area contributed by atoms with Crippen molar-refractivity contribution in [1.82, 2.24) is 9.88 Å². The van der Waals surface area contributed by atoms with Crippen molar-refractivity contribution in [3.8, 4) is 6.07 Å². The minimum Gasteiger partial charge on any atom is -0.396 e. The summed E-state index contributed by atoms with van der Waals surface area (Å²) in [6.45, 7) is 4.64. The van der Waals surface area contributed by atoms with Crippen LogP contribution in [0.3, 0.4) is 0 Å². The fourth-order valence-corrected chi connectivity index (χ4v) is 2.60. The van der Waals surface area contributed by atoms with Crippen LogP contribution in [-0.2, 0) is 7.05 Å². The number of aromatic nitrogens is 1. The molecular weight excluding hydrogens is 314 g/mol. The Labute approximate surface area is 148 Å². The molecule has 0 saturated heterocycles. The number of anilines is 2. The lowest BCUT2D eigenvalue weighted by Gasteiger charge is -2.14. The molecule has 0 fully saturated rings. The number of nitrogens with one attached hydrogen (secondary N) is 2. The molecule has 25 heavy (non-hydrogen) atoms. The van der Waals surface area contributed by atoms with Gasteiger partial charge in [0.05, 0.1) is 16.9 Å². The van der Waals surface area contributed by atoms with Crippen LogP contribution in [0.2, 0.25) is 0 Å². The van der Waals surface area contributed by atoms with Crippen molar-refractivity contribution in [3.05, 3.63) is 58.0 Å². The fourth-order valence-electron chi connectivity index (χ4n) is 2.60. The molecule has 6 heteroatoms. The van der Waals surface area contributed by atoms with Gasteiger partial charge in [-0.1, -0.05) is 19.1 Å². The summed E-state index contributed by atoms with van der Waals surface area (Å²) in [5, 5.41) is 15.7. The van der Waals surface area contributed by atoms with E-state index in [2.05, 4.69) is 23.6 Å². The molecule has 1 atom stereocenters. The van der Waals surface area contributed by atoms with Gasteiger partial charge in [-0.3, -0.25) is 4.79 Å². The Kier molecular flexibility index (Phi) is 6.61. The highest BCUT2D eigenvalue weighted by Gasteiger charge is 2.06. The lowest BCUT2D eigenvalue weighted by molar-refractivity contribution is 0.599. The molecule has 4 N–H and O–H groups in total. The largest absolute Gasteiger partial charge is 0.396 e. The second-order valence-electron chi connectivity index (χ2n) is 6.18. The van der Waals surface area contributed by atoms with Gasteiger partial charge >= 0.3 is 0 Å². The third-order valence-corrected chi connectivity index (χ3v) is 4.20. The van der Waals surface area contributed by atoms with Crippen LogP contribution in [0.25, 0.3) is 0 Å². The van der Waals surface area contributed by atoms with Crippen LogP contribution < -0.4 is 21.9 Å². The zero-order valence-electron chi connectivity index (χ0n) is 14.7. The van der Waals surface area contributed by atoms with Crippen molar-refractivity contribution in [2.45, 2.75) is 19.3 Å². The second-order valence-corrected chi connectivity index (χ2v) is 6.18. The van der Waals surface area contributed by atoms with Gasteiger partial charge in [0.15, 0.2) is 0 Å². The van der Waals surface area contributed by atoms with E-state index >= 15 is 0 Å². The maximum absolute atomic E-state index is 11.4. The Morgan fingerprint density at radius 1 is 1.28 bits per heavy atom. The van der Waals surface area contributed by atoms with Gasteiger partial charge in [0, 0.05) is 32.4 Å². The number of nitrogens with zero attached hydrogens (tertiary/aromatic N) is 2. The van der Waals surface area contributed by atoms with Crippen molar-refractivity contribution in [3.63, 3.8) is 0 Å². The van der Waals surface area contributed by atoms with E-state index in [1.165, 1.54) is 0 Å². The summed E-state index contributed by atoms with van der Waals surface area (Å²) in [6, 6.07) is 11.0. The lowest BCUT2D eigenvalue weighted by Crippen LogP contribution is -2.24. The number of nitrogens with two attached hydrogens (primary N) is 1. The van der Waals surface area contributed by atoms with Crippen LogP contribution >= 0.6 is 0 Å². The summed E-state index contributed by atoms with van der Waals surface area (Å²) in [5.41, 5.74) is 8.89.